The van der Waals surface area contributed by atoms with Crippen molar-refractivity contribution in [2.75, 3.05) is 11.9 Å². The molecule has 1 fully saturated rings. The molecule has 0 radical (unpaired) electrons. The molecule has 1 aromatic carbocycles. The van der Waals surface area contributed by atoms with Crippen LogP contribution < -0.4 is 0 Å². The topological polar surface area (TPSA) is 63.5 Å². The lowest BCUT2D eigenvalue weighted by Gasteiger charge is -2.22. The predicted octanol–water partition coefficient (Wildman–Crippen LogP) is 2.90. The van der Waals surface area contributed by atoms with Crippen molar-refractivity contribution in [3.63, 3.8) is 0 Å². The Morgan fingerprint density at radius 3 is 2.74 bits per heavy atom. The summed E-state index contributed by atoms with van der Waals surface area (Å²) in [6.45, 7) is 2.31. The van der Waals surface area contributed by atoms with Crippen molar-refractivity contribution >= 4 is 27.5 Å². The Balaban J connectivity index is 2.39. The fourth-order valence-electron chi connectivity index (χ4n) is 2.15. The number of amides is 1. The van der Waals surface area contributed by atoms with Crippen LogP contribution in [0, 0.1) is 17.0 Å². The van der Waals surface area contributed by atoms with Gasteiger partial charge in [-0.3, -0.25) is 14.9 Å². The number of aryl methyl sites for hydroxylation is 1. The third-order valence-corrected chi connectivity index (χ3v) is 3.59. The molecule has 1 aliphatic carbocycles. The molecule has 0 aromatic heterocycles. The average Bonchev–Trinajstić information content (AvgIpc) is 3.19. The number of benzene rings is 1. The molecule has 0 spiro atoms. The van der Waals surface area contributed by atoms with E-state index < -0.39 is 4.92 Å². The summed E-state index contributed by atoms with van der Waals surface area (Å²) in [6.07, 6.45) is 1.97. The van der Waals surface area contributed by atoms with E-state index in [4.69, 9.17) is 0 Å². The normalized spacial score (nSPS) is 14.2. The van der Waals surface area contributed by atoms with Gasteiger partial charge < -0.3 is 4.90 Å². The van der Waals surface area contributed by atoms with E-state index in [2.05, 4.69) is 15.9 Å². The van der Waals surface area contributed by atoms with Gasteiger partial charge in [0.15, 0.2) is 0 Å². The fourth-order valence-corrected chi connectivity index (χ4v) is 2.54. The number of nitro benzene ring substituents is 1. The van der Waals surface area contributed by atoms with E-state index in [0.29, 0.717) is 17.4 Å². The van der Waals surface area contributed by atoms with E-state index in [9.17, 15) is 14.9 Å². The van der Waals surface area contributed by atoms with Crippen LogP contribution in [0.3, 0.4) is 0 Å². The van der Waals surface area contributed by atoms with Crippen molar-refractivity contribution in [2.45, 2.75) is 25.8 Å². The molecule has 1 aliphatic rings. The Morgan fingerprint density at radius 2 is 2.21 bits per heavy atom. The molecule has 5 nitrogen and oxygen atoms in total. The first-order chi connectivity index (χ1) is 9.06. The third-order valence-electron chi connectivity index (χ3n) is 3.24. The first kappa shape index (κ1) is 14.0. The van der Waals surface area contributed by atoms with Gasteiger partial charge >= 0.3 is 0 Å². The summed E-state index contributed by atoms with van der Waals surface area (Å²) in [6, 6.07) is 4.97. The maximum atomic E-state index is 12.6. The van der Waals surface area contributed by atoms with E-state index in [0.717, 1.165) is 12.8 Å². The van der Waals surface area contributed by atoms with Crippen LogP contribution in [0.5, 0.6) is 0 Å². The number of hydrogen-bond acceptors (Lipinski definition) is 3. The lowest BCUT2D eigenvalue weighted by Crippen LogP contribution is -2.35. The van der Waals surface area contributed by atoms with Crippen molar-refractivity contribution in [2.24, 2.45) is 0 Å². The number of rotatable bonds is 5. The Bertz CT molecular complexity index is 515. The van der Waals surface area contributed by atoms with Crippen LogP contribution in [0.4, 0.5) is 5.69 Å². The molecule has 102 valence electrons. The van der Waals surface area contributed by atoms with E-state index >= 15 is 0 Å². The molecule has 0 aliphatic heterocycles. The second kappa shape index (κ2) is 5.69. The number of nitrogens with zero attached hydrogens (tertiary/aromatic N) is 2. The summed E-state index contributed by atoms with van der Waals surface area (Å²) in [5, 5.41) is 11.7. The van der Waals surface area contributed by atoms with E-state index in [1.165, 1.54) is 6.07 Å². The Labute approximate surface area is 119 Å². The molecule has 2 rings (SSSR count). The van der Waals surface area contributed by atoms with E-state index in [1.807, 2.05) is 0 Å². The van der Waals surface area contributed by atoms with Gasteiger partial charge in [-0.05, 0) is 25.3 Å². The number of carbonyl (C=O) groups is 1. The first-order valence-corrected chi connectivity index (χ1v) is 7.29. The molecule has 0 heterocycles. The van der Waals surface area contributed by atoms with Gasteiger partial charge in [-0.25, -0.2) is 0 Å². The zero-order chi connectivity index (χ0) is 14.0. The molecule has 1 amide bonds. The van der Waals surface area contributed by atoms with Gasteiger partial charge in [0.25, 0.3) is 11.6 Å². The first-order valence-electron chi connectivity index (χ1n) is 6.17. The van der Waals surface area contributed by atoms with Gasteiger partial charge in [0.2, 0.25) is 0 Å². The van der Waals surface area contributed by atoms with Gasteiger partial charge in [0.1, 0.15) is 5.56 Å². The SMILES string of the molecule is Cc1cccc([N+](=O)[O-])c1C(=O)N(CCBr)C1CC1. The van der Waals surface area contributed by atoms with Crippen molar-refractivity contribution in [1.82, 2.24) is 4.90 Å². The average molecular weight is 327 g/mol. The number of carbonyl (C=O) groups excluding carboxylic acids is 1. The highest BCUT2D eigenvalue weighted by Gasteiger charge is 2.35. The summed E-state index contributed by atoms with van der Waals surface area (Å²) >= 11 is 3.33. The largest absolute Gasteiger partial charge is 0.335 e. The molecular formula is C13H15BrN2O3. The van der Waals surface area contributed by atoms with E-state index in [-0.39, 0.29) is 23.2 Å². The molecule has 1 saturated carbocycles. The monoisotopic (exact) mass is 326 g/mol. The van der Waals surface area contributed by atoms with E-state index in [1.54, 1.807) is 24.0 Å². The summed E-state index contributed by atoms with van der Waals surface area (Å²) in [7, 11) is 0. The molecule has 0 bridgehead atoms. The van der Waals surface area contributed by atoms with Crippen molar-refractivity contribution in [3.8, 4) is 0 Å². The van der Waals surface area contributed by atoms with Gasteiger partial charge in [-0.15, -0.1) is 0 Å². The van der Waals surface area contributed by atoms with Crippen LogP contribution in [-0.2, 0) is 0 Å². The standard InChI is InChI=1S/C13H15BrN2O3/c1-9-3-2-4-11(16(18)19)12(9)13(17)15(8-7-14)10-5-6-10/h2-4,10H,5-8H2,1H3. The van der Waals surface area contributed by atoms with Crippen LogP contribution in [-0.4, -0.2) is 33.6 Å². The van der Waals surface area contributed by atoms with Crippen molar-refractivity contribution in [1.29, 1.82) is 0 Å². The Hall–Kier alpha value is -1.43. The van der Waals surface area contributed by atoms with Gasteiger partial charge in [0.05, 0.1) is 4.92 Å². The lowest BCUT2D eigenvalue weighted by molar-refractivity contribution is -0.385. The highest BCUT2D eigenvalue weighted by molar-refractivity contribution is 9.09. The second-order valence-corrected chi connectivity index (χ2v) is 5.44. The fraction of sp³-hybridized carbons (Fsp3) is 0.462. The smallest absolute Gasteiger partial charge is 0.282 e. The number of alkyl halides is 1. The molecule has 1 aromatic rings. The summed E-state index contributed by atoms with van der Waals surface area (Å²) < 4.78 is 0. The van der Waals surface area contributed by atoms with Crippen LogP contribution in [0.1, 0.15) is 28.8 Å². The molecule has 0 N–H and O–H groups in total. The minimum Gasteiger partial charge on any atom is -0.335 e. The van der Waals surface area contributed by atoms with Gasteiger partial charge in [-0.2, -0.15) is 0 Å². The maximum absolute atomic E-state index is 12.6. The maximum Gasteiger partial charge on any atom is 0.282 e. The minimum atomic E-state index is -0.487. The zero-order valence-electron chi connectivity index (χ0n) is 10.6. The number of halogens is 1. The summed E-state index contributed by atoms with van der Waals surface area (Å²) in [4.78, 5) is 24.9. The Kier molecular flexibility index (Phi) is 4.19. The summed E-state index contributed by atoms with van der Waals surface area (Å²) in [5.74, 6) is -0.230. The quantitative estimate of drug-likeness (QED) is 0.474. The highest BCUT2D eigenvalue weighted by Crippen LogP contribution is 2.31. The molecular weight excluding hydrogens is 312 g/mol. The molecule has 6 heteroatoms. The van der Waals surface area contributed by atoms with Gasteiger partial charge in [0, 0.05) is 24.0 Å². The molecule has 0 saturated heterocycles. The number of hydrogen-bond donors (Lipinski definition) is 0. The summed E-state index contributed by atoms with van der Waals surface area (Å²) in [5.41, 5.74) is 0.769. The molecule has 0 atom stereocenters. The van der Waals surface area contributed by atoms with Crippen LogP contribution in [0.25, 0.3) is 0 Å². The lowest BCUT2D eigenvalue weighted by atomic mass is 10.1. The predicted molar refractivity (Wildman–Crippen MR) is 75.7 cm³/mol. The highest BCUT2D eigenvalue weighted by atomic mass is 79.9. The molecule has 19 heavy (non-hydrogen) atoms. The Morgan fingerprint density at radius 1 is 1.53 bits per heavy atom. The number of nitro groups is 1. The van der Waals surface area contributed by atoms with Crippen LogP contribution in [0.2, 0.25) is 0 Å². The van der Waals surface area contributed by atoms with Crippen LogP contribution >= 0.6 is 15.9 Å². The second-order valence-electron chi connectivity index (χ2n) is 4.64. The third kappa shape index (κ3) is 2.94. The van der Waals surface area contributed by atoms with Gasteiger partial charge in [-0.1, -0.05) is 28.1 Å². The molecule has 0 unspecified atom stereocenters. The van der Waals surface area contributed by atoms with Crippen LogP contribution in [0.15, 0.2) is 18.2 Å². The van der Waals surface area contributed by atoms with Crippen molar-refractivity contribution < 1.29 is 9.72 Å². The minimum absolute atomic E-state index is 0.106. The van der Waals surface area contributed by atoms with Crippen molar-refractivity contribution in [3.05, 3.63) is 39.4 Å². The zero-order valence-corrected chi connectivity index (χ0v) is 12.2.